The topological polar surface area (TPSA) is 34.1 Å². The van der Waals surface area contributed by atoms with Crippen LogP contribution in [0.1, 0.15) is 46.0 Å². The molecule has 0 heterocycles. The fraction of sp³-hybridized carbons (Fsp3) is 0.923. The van der Waals surface area contributed by atoms with Crippen LogP contribution in [0.2, 0.25) is 0 Å². The molecule has 0 spiro atoms. The highest BCUT2D eigenvalue weighted by molar-refractivity contribution is 8.01. The Morgan fingerprint density at radius 3 is 2.12 bits per heavy atom. The molecule has 0 aromatic heterocycles. The predicted molar refractivity (Wildman–Crippen MR) is 71.6 cm³/mol. The summed E-state index contributed by atoms with van der Waals surface area (Å²) in [6, 6.07) is 0. The molecule has 96 valence electrons. The molecular weight excluding hydrogens is 220 g/mol. The second-order valence-electron chi connectivity index (χ2n) is 6.24. The van der Waals surface area contributed by atoms with Crippen molar-refractivity contribution in [2.45, 2.75) is 46.0 Å². The van der Waals surface area contributed by atoms with E-state index >= 15 is 0 Å². The van der Waals surface area contributed by atoms with E-state index in [0.717, 1.165) is 18.6 Å². The first kappa shape index (κ1) is 13.9. The Morgan fingerprint density at radius 2 is 1.75 bits per heavy atom. The molecule has 1 fully saturated rings. The third-order valence-electron chi connectivity index (χ3n) is 3.57. The zero-order valence-electron chi connectivity index (χ0n) is 11.1. The minimum atomic E-state index is -2.02. The fourth-order valence-electron chi connectivity index (χ4n) is 2.90. The molecule has 1 rings (SSSR count). The molecule has 0 bridgehead atoms. The van der Waals surface area contributed by atoms with E-state index in [4.69, 9.17) is 0 Å². The molecule has 0 aliphatic heterocycles. The molecule has 3 heteroatoms. The van der Waals surface area contributed by atoms with Gasteiger partial charge in [0.05, 0.1) is 0 Å². The van der Waals surface area contributed by atoms with Gasteiger partial charge < -0.3 is 0 Å². The lowest BCUT2D eigenvalue weighted by Gasteiger charge is -2.32. The molecule has 1 aliphatic rings. The van der Waals surface area contributed by atoms with E-state index < -0.39 is 9.93 Å². The van der Waals surface area contributed by atoms with Gasteiger partial charge in [-0.2, -0.15) is 0 Å². The summed E-state index contributed by atoms with van der Waals surface area (Å²) in [6.45, 7) is 3.92. The smallest absolute Gasteiger partial charge is 0.136 e. The first-order valence-corrected chi connectivity index (χ1v) is 9.09. The molecule has 0 aromatic rings. The molecule has 2 nitrogen and oxygen atoms in total. The largest absolute Gasteiger partial charge is 0.299 e. The van der Waals surface area contributed by atoms with Crippen LogP contribution in [-0.4, -0.2) is 28.3 Å². The van der Waals surface area contributed by atoms with Gasteiger partial charge in [-0.3, -0.25) is 9.00 Å². The molecule has 0 N–H and O–H groups in total. The standard InChI is InChI=1S/C13H26O2S/c1-11(2)12(14)9-13(7-5-6-8-13)10-16(3,4)15/h11,16H,5-10H2,1-4H3. The first-order valence-electron chi connectivity index (χ1n) is 6.31. The maximum Gasteiger partial charge on any atom is 0.136 e. The number of carbonyl (C=O) groups excluding carboxylic acids is 1. The summed E-state index contributed by atoms with van der Waals surface area (Å²) in [5, 5.41) is 0. The normalized spacial score (nSPS) is 21.3. The minimum absolute atomic E-state index is 0.0698. The highest BCUT2D eigenvalue weighted by atomic mass is 32.2. The average molecular weight is 246 g/mol. The lowest BCUT2D eigenvalue weighted by atomic mass is 9.81. The molecule has 0 amide bonds. The Balaban J connectivity index is 2.73. The summed E-state index contributed by atoms with van der Waals surface area (Å²) >= 11 is 0. The minimum Gasteiger partial charge on any atom is -0.299 e. The van der Waals surface area contributed by atoms with E-state index in [-0.39, 0.29) is 11.3 Å². The van der Waals surface area contributed by atoms with Gasteiger partial charge in [0.1, 0.15) is 5.78 Å². The molecule has 0 saturated heterocycles. The van der Waals surface area contributed by atoms with Crippen LogP contribution in [0.15, 0.2) is 0 Å². The van der Waals surface area contributed by atoms with Crippen molar-refractivity contribution in [3.05, 3.63) is 0 Å². The van der Waals surface area contributed by atoms with Crippen molar-refractivity contribution >= 4 is 15.7 Å². The van der Waals surface area contributed by atoms with Gasteiger partial charge in [0.15, 0.2) is 0 Å². The van der Waals surface area contributed by atoms with Gasteiger partial charge in [0.25, 0.3) is 0 Å². The van der Waals surface area contributed by atoms with Gasteiger partial charge in [-0.1, -0.05) is 26.7 Å². The SMILES string of the molecule is CC(C)C(=O)CC1(C[SH](C)(C)=O)CCCC1. The molecule has 1 aliphatic carbocycles. The Kier molecular flexibility index (Phi) is 4.33. The van der Waals surface area contributed by atoms with E-state index in [1.165, 1.54) is 12.8 Å². The lowest BCUT2D eigenvalue weighted by Crippen LogP contribution is -2.33. The lowest BCUT2D eigenvalue weighted by molar-refractivity contribution is -0.123. The maximum absolute atomic E-state index is 12.0. The second-order valence-corrected chi connectivity index (χ2v) is 9.70. The maximum atomic E-state index is 12.0. The summed E-state index contributed by atoms with van der Waals surface area (Å²) in [6.07, 6.45) is 8.95. The zero-order chi connectivity index (χ0) is 12.4. The Morgan fingerprint density at radius 1 is 1.25 bits per heavy atom. The molecule has 0 radical (unpaired) electrons. The van der Waals surface area contributed by atoms with Crippen molar-refractivity contribution in [1.29, 1.82) is 0 Å². The van der Waals surface area contributed by atoms with Crippen LogP contribution in [0.3, 0.4) is 0 Å². The quantitative estimate of drug-likeness (QED) is 0.756. The summed E-state index contributed by atoms with van der Waals surface area (Å²) in [5.41, 5.74) is 0.0698. The third-order valence-corrected chi connectivity index (χ3v) is 5.01. The van der Waals surface area contributed by atoms with E-state index in [0.29, 0.717) is 12.2 Å². The van der Waals surface area contributed by atoms with Gasteiger partial charge in [0.2, 0.25) is 0 Å². The van der Waals surface area contributed by atoms with Crippen LogP contribution in [-0.2, 0) is 14.7 Å². The Labute approximate surface area is 101 Å². The first-order chi connectivity index (χ1) is 7.24. The van der Waals surface area contributed by atoms with Crippen LogP contribution in [0.5, 0.6) is 0 Å². The van der Waals surface area contributed by atoms with Gasteiger partial charge in [0, 0.05) is 18.1 Å². The highest BCUT2D eigenvalue weighted by Crippen LogP contribution is 2.43. The third kappa shape index (κ3) is 4.00. The van der Waals surface area contributed by atoms with Gasteiger partial charge in [-0.15, -0.1) is 9.93 Å². The van der Waals surface area contributed by atoms with Crippen molar-refractivity contribution in [3.8, 4) is 0 Å². The number of hydrogen-bond acceptors (Lipinski definition) is 2. The van der Waals surface area contributed by atoms with Crippen LogP contribution in [0, 0.1) is 11.3 Å². The predicted octanol–water partition coefficient (Wildman–Crippen LogP) is 2.44. The average Bonchev–Trinajstić information content (AvgIpc) is 2.49. The summed E-state index contributed by atoms with van der Waals surface area (Å²) in [5.74, 6) is 1.22. The Bertz CT molecular complexity index is 295. The van der Waals surface area contributed by atoms with Gasteiger partial charge in [-0.25, -0.2) is 0 Å². The molecule has 1 saturated carbocycles. The number of rotatable bonds is 5. The molecule has 0 atom stereocenters. The highest BCUT2D eigenvalue weighted by Gasteiger charge is 2.38. The molecular formula is C13H26O2S. The second kappa shape index (κ2) is 4.99. The summed E-state index contributed by atoms with van der Waals surface area (Å²) in [4.78, 5) is 11.9. The molecule has 0 unspecified atom stereocenters. The summed E-state index contributed by atoms with van der Waals surface area (Å²) < 4.78 is 12.0. The molecule has 0 aromatic carbocycles. The van der Waals surface area contributed by atoms with Crippen molar-refractivity contribution in [3.63, 3.8) is 0 Å². The van der Waals surface area contributed by atoms with Crippen LogP contribution >= 0.6 is 0 Å². The van der Waals surface area contributed by atoms with Gasteiger partial charge >= 0.3 is 0 Å². The number of Topliss-reactive ketones (excluding diaryl/α,β-unsaturated/α-hetero) is 1. The summed E-state index contributed by atoms with van der Waals surface area (Å²) in [7, 11) is -2.02. The number of thiol groups is 1. The number of hydrogen-bond donors (Lipinski definition) is 1. The van der Waals surface area contributed by atoms with E-state index in [1.807, 2.05) is 26.4 Å². The van der Waals surface area contributed by atoms with Crippen LogP contribution in [0.25, 0.3) is 0 Å². The number of carbonyl (C=O) groups is 1. The van der Waals surface area contributed by atoms with Crippen LogP contribution in [0.4, 0.5) is 0 Å². The Hall–Kier alpha value is -0.180. The van der Waals surface area contributed by atoms with E-state index in [2.05, 4.69) is 0 Å². The van der Waals surface area contributed by atoms with E-state index in [9.17, 15) is 9.00 Å². The molecule has 16 heavy (non-hydrogen) atoms. The van der Waals surface area contributed by atoms with Gasteiger partial charge in [-0.05, 0) is 30.8 Å². The van der Waals surface area contributed by atoms with Crippen LogP contribution < -0.4 is 0 Å². The number of ketones is 1. The van der Waals surface area contributed by atoms with Crippen molar-refractivity contribution in [2.24, 2.45) is 11.3 Å². The van der Waals surface area contributed by atoms with Crippen molar-refractivity contribution < 1.29 is 9.00 Å². The zero-order valence-corrected chi connectivity index (χ0v) is 12.0. The fourth-order valence-corrected chi connectivity index (χ4v) is 4.94. The van der Waals surface area contributed by atoms with E-state index in [1.54, 1.807) is 0 Å². The van der Waals surface area contributed by atoms with Crippen molar-refractivity contribution in [1.82, 2.24) is 0 Å². The monoisotopic (exact) mass is 246 g/mol. The van der Waals surface area contributed by atoms with Crippen molar-refractivity contribution in [2.75, 3.05) is 18.3 Å².